The number of ether oxygens (including phenoxy) is 1. The van der Waals surface area contributed by atoms with Gasteiger partial charge in [0.25, 0.3) is 0 Å². The van der Waals surface area contributed by atoms with Crippen LogP contribution in [0.5, 0.6) is 5.75 Å². The molecule has 0 spiro atoms. The lowest BCUT2D eigenvalue weighted by Gasteiger charge is -2.50. The smallest absolute Gasteiger partial charge is 0.119 e. The molecule has 0 amide bonds. The van der Waals surface area contributed by atoms with E-state index in [0.717, 1.165) is 53.8 Å². The Bertz CT molecular complexity index is 1710. The lowest BCUT2D eigenvalue weighted by Crippen LogP contribution is -2.54. The highest BCUT2D eigenvalue weighted by atomic mass is 35.5. The molecule has 1 N–H and O–H groups in total. The van der Waals surface area contributed by atoms with Crippen molar-refractivity contribution in [2.45, 2.75) is 31.4 Å². The van der Waals surface area contributed by atoms with Crippen molar-refractivity contribution >= 4 is 44.0 Å². The van der Waals surface area contributed by atoms with Crippen molar-refractivity contribution in [1.82, 2.24) is 9.88 Å². The van der Waals surface area contributed by atoms with Crippen molar-refractivity contribution < 1.29 is 9.84 Å². The SMILES string of the molecule is C=C[C@H]1CN2CCC1C[C@H]2[C@H](O)c1c(Cl)c(Cc2c3ccccc3cc3ccccc23)nc2ccc(OC)cc12. The summed E-state index contributed by atoms with van der Waals surface area (Å²) in [5.74, 6) is 1.76. The molecule has 202 valence electrons. The van der Waals surface area contributed by atoms with E-state index in [1.54, 1.807) is 7.11 Å². The minimum atomic E-state index is -0.735. The Kier molecular flexibility index (Phi) is 6.50. The molecule has 4 heterocycles. The number of aliphatic hydroxyl groups is 1. The number of methoxy groups -OCH3 is 1. The first-order valence-corrected chi connectivity index (χ1v) is 14.5. The Hall–Kier alpha value is -3.44. The topological polar surface area (TPSA) is 45.6 Å². The predicted octanol–water partition coefficient (Wildman–Crippen LogP) is 7.72. The fourth-order valence-electron chi connectivity index (χ4n) is 7.19. The van der Waals surface area contributed by atoms with Crippen LogP contribution in [0.1, 0.15) is 35.8 Å². The molecule has 4 aromatic carbocycles. The first-order valence-electron chi connectivity index (χ1n) is 14.2. The fourth-order valence-corrected chi connectivity index (χ4v) is 7.52. The molecular formula is C35H33ClN2O2. The van der Waals surface area contributed by atoms with Gasteiger partial charge in [-0.2, -0.15) is 0 Å². The van der Waals surface area contributed by atoms with Crippen LogP contribution >= 0.6 is 11.6 Å². The van der Waals surface area contributed by atoms with E-state index in [2.05, 4.69) is 72.2 Å². The lowest BCUT2D eigenvalue weighted by atomic mass is 9.73. The second-order valence-corrected chi connectivity index (χ2v) is 11.7. The van der Waals surface area contributed by atoms with E-state index in [4.69, 9.17) is 21.3 Å². The second-order valence-electron chi connectivity index (χ2n) is 11.3. The van der Waals surface area contributed by atoms with E-state index < -0.39 is 6.10 Å². The number of rotatable bonds is 6. The largest absolute Gasteiger partial charge is 0.497 e. The van der Waals surface area contributed by atoms with E-state index >= 15 is 0 Å². The Morgan fingerprint density at radius 2 is 1.77 bits per heavy atom. The first kappa shape index (κ1) is 25.5. The standard InChI is InChI=1S/C35H33ClN2O2/c1-3-21-20-38-15-14-22(21)17-32(38)35(39)33-29-18-25(40-2)12-13-30(29)37-31(34(33)36)19-28-26-10-6-4-8-23(26)16-24-9-5-7-11-27(24)28/h3-13,16,18,21-22,32,35,39H,1,14-15,17,19-20H2,2H3/t21-,22?,32-,35-/m0/s1. The van der Waals surface area contributed by atoms with Crippen molar-refractivity contribution in [2.24, 2.45) is 11.8 Å². The molecule has 2 unspecified atom stereocenters. The normalized spacial score (nSPS) is 23.1. The zero-order valence-corrected chi connectivity index (χ0v) is 23.4. The van der Waals surface area contributed by atoms with Gasteiger partial charge in [-0.25, -0.2) is 0 Å². The van der Waals surface area contributed by atoms with Gasteiger partial charge in [0, 0.05) is 30.0 Å². The third-order valence-electron chi connectivity index (χ3n) is 9.28. The van der Waals surface area contributed by atoms with Gasteiger partial charge in [0.2, 0.25) is 0 Å². The van der Waals surface area contributed by atoms with Crippen LogP contribution in [-0.2, 0) is 6.42 Å². The summed E-state index contributed by atoms with van der Waals surface area (Å²) in [5.41, 5.74) is 3.57. The molecule has 3 aliphatic heterocycles. The summed E-state index contributed by atoms with van der Waals surface area (Å²) in [7, 11) is 1.66. The number of aromatic nitrogens is 1. The number of piperidine rings is 3. The summed E-state index contributed by atoms with van der Waals surface area (Å²) >= 11 is 7.31. The van der Waals surface area contributed by atoms with Gasteiger partial charge in [-0.05, 0) is 82.6 Å². The summed E-state index contributed by atoms with van der Waals surface area (Å²) in [4.78, 5) is 7.52. The van der Waals surface area contributed by atoms with E-state index in [0.29, 0.717) is 23.3 Å². The summed E-state index contributed by atoms with van der Waals surface area (Å²) < 4.78 is 5.57. The molecule has 0 radical (unpaired) electrons. The highest BCUT2D eigenvalue weighted by Crippen LogP contribution is 2.45. The molecule has 5 atom stereocenters. The molecule has 2 bridgehead atoms. The summed E-state index contributed by atoms with van der Waals surface area (Å²) in [6.45, 7) is 6.00. The molecule has 5 aromatic rings. The van der Waals surface area contributed by atoms with Crippen LogP contribution in [0.3, 0.4) is 0 Å². The van der Waals surface area contributed by atoms with Crippen molar-refractivity contribution in [3.05, 3.63) is 107 Å². The van der Waals surface area contributed by atoms with Gasteiger partial charge in [-0.1, -0.05) is 66.2 Å². The molecule has 0 saturated carbocycles. The fraction of sp³-hybridized carbons (Fsp3) is 0.286. The molecule has 8 rings (SSSR count). The van der Waals surface area contributed by atoms with Gasteiger partial charge in [-0.3, -0.25) is 9.88 Å². The monoisotopic (exact) mass is 548 g/mol. The number of benzene rings is 4. The number of hydrogen-bond donors (Lipinski definition) is 1. The molecule has 4 nitrogen and oxygen atoms in total. The average Bonchev–Trinajstić information content (AvgIpc) is 3.00. The van der Waals surface area contributed by atoms with Crippen molar-refractivity contribution in [1.29, 1.82) is 0 Å². The zero-order valence-electron chi connectivity index (χ0n) is 22.7. The molecular weight excluding hydrogens is 516 g/mol. The van der Waals surface area contributed by atoms with Crippen LogP contribution in [0.2, 0.25) is 5.02 Å². The molecule has 3 fully saturated rings. The number of pyridine rings is 1. The predicted molar refractivity (Wildman–Crippen MR) is 164 cm³/mol. The third-order valence-corrected chi connectivity index (χ3v) is 9.70. The molecule has 40 heavy (non-hydrogen) atoms. The maximum absolute atomic E-state index is 12.1. The molecule has 0 aliphatic carbocycles. The minimum Gasteiger partial charge on any atom is -0.497 e. The van der Waals surface area contributed by atoms with Crippen molar-refractivity contribution in [3.63, 3.8) is 0 Å². The molecule has 1 aromatic heterocycles. The van der Waals surface area contributed by atoms with E-state index in [-0.39, 0.29) is 6.04 Å². The Morgan fingerprint density at radius 1 is 1.05 bits per heavy atom. The van der Waals surface area contributed by atoms with Gasteiger partial charge in [0.1, 0.15) is 5.75 Å². The summed E-state index contributed by atoms with van der Waals surface area (Å²) in [6.07, 6.45) is 4.01. The molecule has 5 heteroatoms. The van der Waals surface area contributed by atoms with Gasteiger partial charge in [-0.15, -0.1) is 6.58 Å². The number of nitrogens with zero attached hydrogens (tertiary/aromatic N) is 2. The van der Waals surface area contributed by atoms with Crippen molar-refractivity contribution in [3.8, 4) is 5.75 Å². The van der Waals surface area contributed by atoms with Gasteiger partial charge >= 0.3 is 0 Å². The van der Waals surface area contributed by atoms with Crippen LogP contribution < -0.4 is 4.74 Å². The third kappa shape index (κ3) is 4.17. The van der Waals surface area contributed by atoms with Crippen molar-refractivity contribution in [2.75, 3.05) is 20.2 Å². The van der Waals surface area contributed by atoms with Crippen LogP contribution in [0.15, 0.2) is 85.5 Å². The number of aliphatic hydroxyl groups excluding tert-OH is 1. The van der Waals surface area contributed by atoms with Gasteiger partial charge < -0.3 is 9.84 Å². The van der Waals surface area contributed by atoms with Crippen LogP contribution in [-0.4, -0.2) is 41.2 Å². The quantitative estimate of drug-likeness (QED) is 0.174. The number of fused-ring (bicyclic) bond motifs is 6. The van der Waals surface area contributed by atoms with Gasteiger partial charge in [0.05, 0.1) is 29.4 Å². The lowest BCUT2D eigenvalue weighted by molar-refractivity contribution is -0.0444. The van der Waals surface area contributed by atoms with E-state index in [1.165, 1.54) is 27.1 Å². The van der Waals surface area contributed by atoms with Gasteiger partial charge in [0.15, 0.2) is 0 Å². The highest BCUT2D eigenvalue weighted by molar-refractivity contribution is 6.33. The Labute approximate surface area is 239 Å². The summed E-state index contributed by atoms with van der Waals surface area (Å²) in [6, 6.07) is 25.1. The average molecular weight is 549 g/mol. The maximum atomic E-state index is 12.1. The Morgan fingerprint density at radius 3 is 2.42 bits per heavy atom. The minimum absolute atomic E-state index is 0.00971. The molecule has 3 saturated heterocycles. The Balaban J connectivity index is 1.39. The van der Waals surface area contributed by atoms with E-state index in [1.807, 2.05) is 18.2 Å². The number of hydrogen-bond acceptors (Lipinski definition) is 4. The van der Waals surface area contributed by atoms with Crippen LogP contribution in [0.25, 0.3) is 32.4 Å². The highest BCUT2D eigenvalue weighted by Gasteiger charge is 2.43. The van der Waals surface area contributed by atoms with Crippen LogP contribution in [0, 0.1) is 11.8 Å². The molecule has 3 aliphatic rings. The van der Waals surface area contributed by atoms with Crippen LogP contribution in [0.4, 0.5) is 0 Å². The maximum Gasteiger partial charge on any atom is 0.119 e. The first-order chi connectivity index (χ1) is 19.6. The second kappa shape index (κ2) is 10.2. The number of halogens is 1. The zero-order chi connectivity index (χ0) is 27.4. The van der Waals surface area contributed by atoms with E-state index in [9.17, 15) is 5.11 Å². The summed E-state index contributed by atoms with van der Waals surface area (Å²) in [5, 5.41) is 18.3.